The van der Waals surface area contributed by atoms with Gasteiger partial charge in [-0.2, -0.15) is 5.26 Å². The van der Waals surface area contributed by atoms with Crippen LogP contribution in [0.5, 0.6) is 0 Å². The number of carbonyl (C=O) groups is 1. The van der Waals surface area contributed by atoms with Crippen molar-refractivity contribution in [2.24, 2.45) is 0 Å². The molecule has 0 unspecified atom stereocenters. The van der Waals surface area contributed by atoms with E-state index < -0.39 is 0 Å². The van der Waals surface area contributed by atoms with Gasteiger partial charge in [-0.1, -0.05) is 15.9 Å². The molecule has 20 heavy (non-hydrogen) atoms. The summed E-state index contributed by atoms with van der Waals surface area (Å²) in [6, 6.07) is 9.19. The van der Waals surface area contributed by atoms with Gasteiger partial charge in [0, 0.05) is 42.5 Å². The highest BCUT2D eigenvalue weighted by molar-refractivity contribution is 9.10. The SMILES string of the molecule is N#C/C(=C/N1CCNCC1)C(=O)Nc1ccc(Br)cc1. The van der Waals surface area contributed by atoms with E-state index in [2.05, 4.69) is 26.6 Å². The summed E-state index contributed by atoms with van der Waals surface area (Å²) < 4.78 is 0.937. The predicted octanol–water partition coefficient (Wildman–Crippen LogP) is 1.70. The summed E-state index contributed by atoms with van der Waals surface area (Å²) in [5, 5.41) is 15.1. The van der Waals surface area contributed by atoms with Crippen molar-refractivity contribution < 1.29 is 4.79 Å². The van der Waals surface area contributed by atoms with Crippen molar-refractivity contribution in [1.82, 2.24) is 10.2 Å². The average Bonchev–Trinajstić information content (AvgIpc) is 2.48. The van der Waals surface area contributed by atoms with Gasteiger partial charge in [-0.05, 0) is 24.3 Å². The minimum Gasteiger partial charge on any atom is -0.374 e. The summed E-state index contributed by atoms with van der Waals surface area (Å²) in [7, 11) is 0. The number of halogens is 1. The van der Waals surface area contributed by atoms with Gasteiger partial charge in [0.1, 0.15) is 11.6 Å². The Bertz CT molecular complexity index is 541. The monoisotopic (exact) mass is 334 g/mol. The molecule has 0 spiro atoms. The number of nitrogens with zero attached hydrogens (tertiary/aromatic N) is 2. The van der Waals surface area contributed by atoms with Crippen molar-refractivity contribution in [3.8, 4) is 6.07 Å². The molecule has 5 nitrogen and oxygen atoms in total. The summed E-state index contributed by atoms with van der Waals surface area (Å²) >= 11 is 3.33. The lowest BCUT2D eigenvalue weighted by Crippen LogP contribution is -2.41. The van der Waals surface area contributed by atoms with E-state index in [4.69, 9.17) is 5.26 Å². The molecular weight excluding hydrogens is 320 g/mol. The van der Waals surface area contributed by atoms with Crippen LogP contribution in [0.25, 0.3) is 0 Å². The molecule has 1 aliphatic heterocycles. The number of hydrogen-bond donors (Lipinski definition) is 2. The van der Waals surface area contributed by atoms with Crippen molar-refractivity contribution >= 4 is 27.5 Å². The number of nitrogens with one attached hydrogen (secondary N) is 2. The smallest absolute Gasteiger partial charge is 0.267 e. The van der Waals surface area contributed by atoms with Gasteiger partial charge >= 0.3 is 0 Å². The number of benzene rings is 1. The molecule has 1 aromatic rings. The molecule has 1 heterocycles. The van der Waals surface area contributed by atoms with E-state index >= 15 is 0 Å². The molecule has 6 heteroatoms. The van der Waals surface area contributed by atoms with Crippen LogP contribution in [0.2, 0.25) is 0 Å². The number of carbonyl (C=O) groups excluding carboxylic acids is 1. The first-order chi connectivity index (χ1) is 9.69. The van der Waals surface area contributed by atoms with Crippen molar-refractivity contribution in [2.45, 2.75) is 0 Å². The maximum absolute atomic E-state index is 12.0. The molecule has 0 atom stereocenters. The molecule has 1 aliphatic rings. The highest BCUT2D eigenvalue weighted by Gasteiger charge is 2.13. The van der Waals surface area contributed by atoms with Crippen molar-refractivity contribution in [3.63, 3.8) is 0 Å². The molecule has 2 rings (SSSR count). The Hall–Kier alpha value is -1.84. The number of nitriles is 1. The number of piperazine rings is 1. The van der Waals surface area contributed by atoms with E-state index in [1.165, 1.54) is 0 Å². The van der Waals surface area contributed by atoms with Crippen molar-refractivity contribution in [2.75, 3.05) is 31.5 Å². The summed E-state index contributed by atoms with van der Waals surface area (Å²) in [6.45, 7) is 3.33. The van der Waals surface area contributed by atoms with Gasteiger partial charge < -0.3 is 15.5 Å². The van der Waals surface area contributed by atoms with Crippen molar-refractivity contribution in [3.05, 3.63) is 40.5 Å². The lowest BCUT2D eigenvalue weighted by atomic mass is 10.2. The molecule has 1 aromatic carbocycles. The molecule has 2 N–H and O–H groups in total. The van der Waals surface area contributed by atoms with Crippen LogP contribution in [0.4, 0.5) is 5.69 Å². The van der Waals surface area contributed by atoms with E-state index in [0.717, 1.165) is 30.7 Å². The third-order valence-electron chi connectivity index (χ3n) is 2.93. The predicted molar refractivity (Wildman–Crippen MR) is 80.9 cm³/mol. The van der Waals surface area contributed by atoms with Gasteiger partial charge in [-0.25, -0.2) is 0 Å². The number of hydrogen-bond acceptors (Lipinski definition) is 4. The van der Waals surface area contributed by atoms with Gasteiger partial charge in [0.25, 0.3) is 5.91 Å². The highest BCUT2D eigenvalue weighted by Crippen LogP contribution is 2.15. The second-order valence-corrected chi connectivity index (χ2v) is 5.32. The van der Waals surface area contributed by atoms with E-state index in [9.17, 15) is 4.79 Å². The number of amides is 1. The molecule has 0 bridgehead atoms. The zero-order valence-electron chi connectivity index (χ0n) is 10.9. The molecule has 1 amide bonds. The summed E-state index contributed by atoms with van der Waals surface area (Å²) in [5.74, 6) is -0.381. The lowest BCUT2D eigenvalue weighted by molar-refractivity contribution is -0.112. The maximum atomic E-state index is 12.0. The Morgan fingerprint density at radius 1 is 1.35 bits per heavy atom. The third kappa shape index (κ3) is 4.08. The van der Waals surface area contributed by atoms with Crippen LogP contribution in [-0.4, -0.2) is 37.0 Å². The number of anilines is 1. The Balaban J connectivity index is 2.03. The Morgan fingerprint density at radius 3 is 2.60 bits per heavy atom. The fourth-order valence-corrected chi connectivity index (χ4v) is 2.13. The van der Waals surface area contributed by atoms with Crippen LogP contribution in [0.1, 0.15) is 0 Å². The summed E-state index contributed by atoms with van der Waals surface area (Å²) in [4.78, 5) is 14.0. The van der Waals surface area contributed by atoms with E-state index in [0.29, 0.717) is 5.69 Å². The Morgan fingerprint density at radius 2 is 2.00 bits per heavy atom. The van der Waals surface area contributed by atoms with Crippen LogP contribution in [-0.2, 0) is 4.79 Å². The van der Waals surface area contributed by atoms with E-state index in [1.54, 1.807) is 18.3 Å². The van der Waals surface area contributed by atoms with Gasteiger partial charge in [-0.15, -0.1) is 0 Å². The summed E-state index contributed by atoms with van der Waals surface area (Å²) in [5.41, 5.74) is 0.787. The molecule has 0 saturated carbocycles. The fourth-order valence-electron chi connectivity index (χ4n) is 1.86. The number of rotatable bonds is 3. The minimum atomic E-state index is -0.381. The second-order valence-electron chi connectivity index (χ2n) is 4.40. The Labute approximate surface area is 126 Å². The molecule has 1 fully saturated rings. The molecule has 0 aliphatic carbocycles. The molecule has 0 aromatic heterocycles. The van der Waals surface area contributed by atoms with Crippen molar-refractivity contribution in [1.29, 1.82) is 5.26 Å². The standard InChI is InChI=1S/C14H15BrN4O/c15-12-1-3-13(4-2-12)18-14(20)11(9-16)10-19-7-5-17-6-8-19/h1-4,10,17H,5-8H2,(H,18,20)/b11-10-. The zero-order valence-corrected chi connectivity index (χ0v) is 12.5. The summed E-state index contributed by atoms with van der Waals surface area (Å²) in [6.07, 6.45) is 1.63. The zero-order chi connectivity index (χ0) is 14.4. The van der Waals surface area contributed by atoms with Crippen LogP contribution in [0.15, 0.2) is 40.5 Å². The van der Waals surface area contributed by atoms with Gasteiger partial charge in [-0.3, -0.25) is 4.79 Å². The van der Waals surface area contributed by atoms with Gasteiger partial charge in [0.05, 0.1) is 0 Å². The van der Waals surface area contributed by atoms with Crippen LogP contribution >= 0.6 is 15.9 Å². The third-order valence-corrected chi connectivity index (χ3v) is 3.46. The second kappa shape index (κ2) is 7.08. The molecule has 0 radical (unpaired) electrons. The Kier molecular flexibility index (Phi) is 5.16. The highest BCUT2D eigenvalue weighted by atomic mass is 79.9. The first kappa shape index (κ1) is 14.6. The lowest BCUT2D eigenvalue weighted by Gasteiger charge is -2.26. The first-order valence-electron chi connectivity index (χ1n) is 6.32. The van der Waals surface area contributed by atoms with E-state index in [1.807, 2.05) is 23.1 Å². The maximum Gasteiger partial charge on any atom is 0.267 e. The average molecular weight is 335 g/mol. The van der Waals surface area contributed by atoms with Gasteiger partial charge in [0.15, 0.2) is 0 Å². The fraction of sp³-hybridized carbons (Fsp3) is 0.286. The van der Waals surface area contributed by atoms with E-state index in [-0.39, 0.29) is 11.5 Å². The van der Waals surface area contributed by atoms with Gasteiger partial charge in [0.2, 0.25) is 0 Å². The minimum absolute atomic E-state index is 0.120. The normalized spacial score (nSPS) is 15.6. The van der Waals surface area contributed by atoms with Crippen LogP contribution in [0.3, 0.4) is 0 Å². The topological polar surface area (TPSA) is 68.2 Å². The largest absolute Gasteiger partial charge is 0.374 e. The molecule has 104 valence electrons. The molecule has 1 saturated heterocycles. The van der Waals surface area contributed by atoms with Crippen LogP contribution in [0, 0.1) is 11.3 Å². The molecular formula is C14H15BrN4O. The van der Waals surface area contributed by atoms with Crippen LogP contribution < -0.4 is 10.6 Å². The quantitative estimate of drug-likeness (QED) is 0.652. The first-order valence-corrected chi connectivity index (χ1v) is 7.12.